The number of hydrogen-bond donors (Lipinski definition) is 4. The third kappa shape index (κ3) is 5.76. The molecule has 0 spiro atoms. The SMILES string of the molecule is NC(CCC(=O)[C@H](N)CC(=O)O)C(=O)O. The van der Waals surface area contributed by atoms with Gasteiger partial charge in [-0.05, 0) is 6.42 Å². The maximum atomic E-state index is 11.2. The van der Waals surface area contributed by atoms with Crippen LogP contribution in [-0.2, 0) is 14.4 Å². The van der Waals surface area contributed by atoms with Gasteiger partial charge in [-0.1, -0.05) is 0 Å². The summed E-state index contributed by atoms with van der Waals surface area (Å²) in [5, 5.41) is 16.8. The molecule has 0 aliphatic rings. The lowest BCUT2D eigenvalue weighted by atomic mass is 10.0. The molecule has 0 amide bonds. The van der Waals surface area contributed by atoms with E-state index in [2.05, 4.69) is 0 Å². The molecule has 0 aromatic heterocycles. The average molecular weight is 218 g/mol. The number of carboxylic acids is 2. The molecule has 1 unspecified atom stereocenters. The Kier molecular flexibility index (Phi) is 5.50. The molecular weight excluding hydrogens is 204 g/mol. The van der Waals surface area contributed by atoms with Crippen LogP contribution in [0.1, 0.15) is 19.3 Å². The number of aliphatic carboxylic acids is 2. The fourth-order valence-corrected chi connectivity index (χ4v) is 0.909. The number of carboxylic acid groups (broad SMARTS) is 2. The number of Topliss-reactive ketones (excluding diaryl/α,β-unsaturated/α-hetero) is 1. The van der Waals surface area contributed by atoms with E-state index in [1.165, 1.54) is 0 Å². The number of ketones is 1. The van der Waals surface area contributed by atoms with Gasteiger partial charge in [-0.2, -0.15) is 0 Å². The smallest absolute Gasteiger partial charge is 0.320 e. The van der Waals surface area contributed by atoms with Crippen molar-refractivity contribution in [3.05, 3.63) is 0 Å². The van der Waals surface area contributed by atoms with E-state index in [1.807, 2.05) is 0 Å². The van der Waals surface area contributed by atoms with E-state index in [-0.39, 0.29) is 12.8 Å². The summed E-state index contributed by atoms with van der Waals surface area (Å²) >= 11 is 0. The van der Waals surface area contributed by atoms with Gasteiger partial charge < -0.3 is 21.7 Å². The summed E-state index contributed by atoms with van der Waals surface area (Å²) in [5.74, 6) is -2.86. The molecule has 0 aromatic carbocycles. The van der Waals surface area contributed by atoms with E-state index < -0.39 is 36.2 Å². The molecule has 0 aliphatic carbocycles. The number of nitrogens with two attached hydrogens (primary N) is 2. The largest absolute Gasteiger partial charge is 0.481 e. The second kappa shape index (κ2) is 6.10. The van der Waals surface area contributed by atoms with E-state index in [0.717, 1.165) is 0 Å². The predicted octanol–water partition coefficient (Wildman–Crippen LogP) is -1.45. The summed E-state index contributed by atoms with van der Waals surface area (Å²) in [7, 11) is 0. The maximum absolute atomic E-state index is 11.2. The predicted molar refractivity (Wildman–Crippen MR) is 50.1 cm³/mol. The van der Waals surface area contributed by atoms with Crippen molar-refractivity contribution in [2.75, 3.05) is 0 Å². The van der Waals surface area contributed by atoms with Crippen molar-refractivity contribution < 1.29 is 24.6 Å². The van der Waals surface area contributed by atoms with Gasteiger partial charge in [0.05, 0.1) is 12.5 Å². The van der Waals surface area contributed by atoms with E-state index >= 15 is 0 Å². The van der Waals surface area contributed by atoms with Crippen molar-refractivity contribution in [2.24, 2.45) is 11.5 Å². The highest BCUT2D eigenvalue weighted by atomic mass is 16.4. The maximum Gasteiger partial charge on any atom is 0.320 e. The lowest BCUT2D eigenvalue weighted by Crippen LogP contribution is -2.36. The summed E-state index contributed by atoms with van der Waals surface area (Å²) < 4.78 is 0. The van der Waals surface area contributed by atoms with Crippen LogP contribution in [0.15, 0.2) is 0 Å². The molecule has 7 nitrogen and oxygen atoms in total. The number of rotatable bonds is 7. The Hall–Kier alpha value is -1.47. The monoisotopic (exact) mass is 218 g/mol. The highest BCUT2D eigenvalue weighted by Crippen LogP contribution is 2.01. The van der Waals surface area contributed by atoms with Crippen molar-refractivity contribution in [1.82, 2.24) is 0 Å². The van der Waals surface area contributed by atoms with Gasteiger partial charge in [0.1, 0.15) is 11.8 Å². The summed E-state index contributed by atoms with van der Waals surface area (Å²) in [6.45, 7) is 0. The van der Waals surface area contributed by atoms with Crippen LogP contribution >= 0.6 is 0 Å². The van der Waals surface area contributed by atoms with Crippen LogP contribution in [0.4, 0.5) is 0 Å². The number of carbonyl (C=O) groups is 3. The van der Waals surface area contributed by atoms with Gasteiger partial charge in [0, 0.05) is 6.42 Å². The summed E-state index contributed by atoms with van der Waals surface area (Å²) in [6.07, 6.45) is -0.620. The first-order valence-electron chi connectivity index (χ1n) is 4.33. The Morgan fingerprint density at radius 2 is 1.60 bits per heavy atom. The molecule has 15 heavy (non-hydrogen) atoms. The van der Waals surface area contributed by atoms with Gasteiger partial charge in [0.15, 0.2) is 0 Å². The Bertz CT molecular complexity index is 266. The third-order valence-electron chi connectivity index (χ3n) is 1.83. The zero-order valence-corrected chi connectivity index (χ0v) is 8.05. The molecule has 6 N–H and O–H groups in total. The van der Waals surface area contributed by atoms with Gasteiger partial charge in [-0.3, -0.25) is 14.4 Å². The second-order valence-corrected chi connectivity index (χ2v) is 3.15. The van der Waals surface area contributed by atoms with Gasteiger partial charge in [-0.25, -0.2) is 0 Å². The van der Waals surface area contributed by atoms with Crippen LogP contribution in [0.3, 0.4) is 0 Å². The van der Waals surface area contributed by atoms with Crippen LogP contribution < -0.4 is 11.5 Å². The topological polar surface area (TPSA) is 144 Å². The fourth-order valence-electron chi connectivity index (χ4n) is 0.909. The molecule has 0 fully saturated rings. The first-order valence-corrected chi connectivity index (χ1v) is 4.33. The molecular formula is C8H14N2O5. The van der Waals surface area contributed by atoms with Crippen molar-refractivity contribution in [3.8, 4) is 0 Å². The molecule has 0 heterocycles. The standard InChI is InChI=1S/C8H14N2O5/c9-4(8(14)15)1-2-6(11)5(10)3-7(12)13/h4-5H,1-3,9-10H2,(H,12,13)(H,14,15)/t4?,5-/m1/s1. The first kappa shape index (κ1) is 13.5. The minimum atomic E-state index is -1.20. The average Bonchev–Trinajstić information content (AvgIpc) is 2.12. The molecule has 0 bridgehead atoms. The second-order valence-electron chi connectivity index (χ2n) is 3.15. The van der Waals surface area contributed by atoms with Crippen LogP contribution in [0.2, 0.25) is 0 Å². The Morgan fingerprint density at radius 1 is 1.07 bits per heavy atom. The van der Waals surface area contributed by atoms with Gasteiger partial charge in [0.25, 0.3) is 0 Å². The van der Waals surface area contributed by atoms with Crippen LogP contribution in [0.5, 0.6) is 0 Å². The van der Waals surface area contributed by atoms with Crippen molar-refractivity contribution in [1.29, 1.82) is 0 Å². The van der Waals surface area contributed by atoms with Crippen LogP contribution in [0.25, 0.3) is 0 Å². The molecule has 0 radical (unpaired) electrons. The van der Waals surface area contributed by atoms with E-state index in [9.17, 15) is 14.4 Å². The third-order valence-corrected chi connectivity index (χ3v) is 1.83. The zero-order valence-electron chi connectivity index (χ0n) is 8.05. The molecule has 0 aromatic rings. The normalized spacial score (nSPS) is 14.3. The van der Waals surface area contributed by atoms with Crippen molar-refractivity contribution in [3.63, 3.8) is 0 Å². The quantitative estimate of drug-likeness (QED) is 0.409. The Labute approximate surface area is 86.0 Å². The minimum Gasteiger partial charge on any atom is -0.481 e. The van der Waals surface area contributed by atoms with Crippen LogP contribution in [-0.4, -0.2) is 40.0 Å². The lowest BCUT2D eigenvalue weighted by molar-refractivity contribution is -0.140. The molecule has 86 valence electrons. The van der Waals surface area contributed by atoms with Crippen molar-refractivity contribution >= 4 is 17.7 Å². The zero-order chi connectivity index (χ0) is 12.0. The highest BCUT2D eigenvalue weighted by Gasteiger charge is 2.19. The summed E-state index contributed by atoms with van der Waals surface area (Å²) in [4.78, 5) is 31.7. The number of hydrogen-bond acceptors (Lipinski definition) is 5. The van der Waals surface area contributed by atoms with Gasteiger partial charge in [-0.15, -0.1) is 0 Å². The summed E-state index contributed by atoms with van der Waals surface area (Å²) in [5.41, 5.74) is 10.4. The van der Waals surface area contributed by atoms with Gasteiger partial charge in [0.2, 0.25) is 0 Å². The minimum absolute atomic E-state index is 0.0402. The van der Waals surface area contributed by atoms with E-state index in [4.69, 9.17) is 21.7 Å². The molecule has 0 saturated heterocycles. The Morgan fingerprint density at radius 3 is 2.00 bits per heavy atom. The highest BCUT2D eigenvalue weighted by molar-refractivity contribution is 5.88. The molecule has 0 aliphatic heterocycles. The van der Waals surface area contributed by atoms with E-state index in [1.54, 1.807) is 0 Å². The van der Waals surface area contributed by atoms with Gasteiger partial charge >= 0.3 is 11.9 Å². The Balaban J connectivity index is 3.93. The fraction of sp³-hybridized carbons (Fsp3) is 0.625. The molecule has 2 atom stereocenters. The lowest BCUT2D eigenvalue weighted by Gasteiger charge is -2.09. The number of carbonyl (C=O) groups excluding carboxylic acids is 1. The molecule has 7 heteroatoms. The van der Waals surface area contributed by atoms with Crippen molar-refractivity contribution in [2.45, 2.75) is 31.3 Å². The van der Waals surface area contributed by atoms with Crippen LogP contribution in [0, 0.1) is 0 Å². The first-order chi connectivity index (χ1) is 6.84. The molecule has 0 saturated carbocycles. The summed E-state index contributed by atoms with van der Waals surface area (Å²) in [6, 6.07) is -2.21. The van der Waals surface area contributed by atoms with E-state index in [0.29, 0.717) is 0 Å². The molecule has 0 rings (SSSR count).